The summed E-state index contributed by atoms with van der Waals surface area (Å²) in [6, 6.07) is 1.16. The van der Waals surface area contributed by atoms with Crippen LogP contribution in [-0.4, -0.2) is 67.3 Å². The lowest BCUT2D eigenvalue weighted by molar-refractivity contribution is 0.0776. The number of piperidine rings is 2. The zero-order valence-electron chi connectivity index (χ0n) is 15.7. The molecule has 1 saturated carbocycles. The predicted molar refractivity (Wildman–Crippen MR) is 98.7 cm³/mol. The van der Waals surface area contributed by atoms with Gasteiger partial charge in [0.15, 0.2) is 0 Å². The molecule has 0 aromatic rings. The molecule has 1 spiro atoms. The van der Waals surface area contributed by atoms with Gasteiger partial charge >= 0.3 is 6.03 Å². The molecular formula is C20H35N3O2. The van der Waals surface area contributed by atoms with E-state index in [9.17, 15) is 4.79 Å². The number of nitrogens with zero attached hydrogens (tertiary/aromatic N) is 2. The van der Waals surface area contributed by atoms with Gasteiger partial charge in [0.25, 0.3) is 0 Å². The lowest BCUT2D eigenvalue weighted by atomic mass is 9.68. The monoisotopic (exact) mass is 349 g/mol. The molecule has 1 N–H and O–H groups in total. The summed E-state index contributed by atoms with van der Waals surface area (Å²) >= 11 is 0. The van der Waals surface area contributed by atoms with Crippen molar-refractivity contribution in [2.24, 2.45) is 5.41 Å². The highest BCUT2D eigenvalue weighted by Gasteiger charge is 2.37. The molecule has 0 aromatic carbocycles. The van der Waals surface area contributed by atoms with Gasteiger partial charge in [0.1, 0.15) is 0 Å². The standard InChI is InChI=1S/C20H35N3O2/c24-19(23-13-9-20(10-14-23)7-2-1-3-8-20)21-17-4-11-22(12-5-17)18-6-15-25-16-18/h17-18H,1-16H2,(H,21,24). The Bertz CT molecular complexity index is 440. The van der Waals surface area contributed by atoms with Gasteiger partial charge in [0, 0.05) is 44.9 Å². The van der Waals surface area contributed by atoms with Crippen LogP contribution < -0.4 is 5.32 Å². The minimum absolute atomic E-state index is 0.188. The van der Waals surface area contributed by atoms with Crippen molar-refractivity contribution >= 4 is 6.03 Å². The predicted octanol–water partition coefficient (Wildman–Crippen LogP) is 3.00. The minimum atomic E-state index is 0.188. The molecule has 0 bridgehead atoms. The maximum absolute atomic E-state index is 12.7. The van der Waals surface area contributed by atoms with Gasteiger partial charge in [0.05, 0.1) is 6.61 Å². The summed E-state index contributed by atoms with van der Waals surface area (Å²) < 4.78 is 5.51. The second-order valence-electron chi connectivity index (χ2n) is 8.82. The van der Waals surface area contributed by atoms with Gasteiger partial charge in [-0.25, -0.2) is 4.79 Å². The summed E-state index contributed by atoms with van der Waals surface area (Å²) in [5.41, 5.74) is 0.573. The van der Waals surface area contributed by atoms with Crippen molar-refractivity contribution in [3.05, 3.63) is 0 Å². The highest BCUT2D eigenvalue weighted by atomic mass is 16.5. The van der Waals surface area contributed by atoms with Crippen LogP contribution in [0.3, 0.4) is 0 Å². The first kappa shape index (κ1) is 17.6. The van der Waals surface area contributed by atoms with Crippen LogP contribution in [0.15, 0.2) is 0 Å². The molecule has 3 aliphatic heterocycles. The number of rotatable bonds is 2. The molecule has 25 heavy (non-hydrogen) atoms. The number of ether oxygens (including phenoxy) is 1. The number of nitrogens with one attached hydrogen (secondary N) is 1. The van der Waals surface area contributed by atoms with E-state index in [1.165, 1.54) is 51.4 Å². The van der Waals surface area contributed by atoms with Crippen LogP contribution in [0.5, 0.6) is 0 Å². The Morgan fingerprint density at radius 1 is 0.920 bits per heavy atom. The molecule has 4 aliphatic rings. The number of hydrogen-bond donors (Lipinski definition) is 1. The van der Waals surface area contributed by atoms with E-state index >= 15 is 0 Å². The Labute approximate surface area is 152 Å². The van der Waals surface area contributed by atoms with Crippen molar-refractivity contribution in [3.63, 3.8) is 0 Å². The molecule has 5 nitrogen and oxygen atoms in total. The van der Waals surface area contributed by atoms with Crippen molar-refractivity contribution in [1.82, 2.24) is 15.1 Å². The Morgan fingerprint density at radius 2 is 1.64 bits per heavy atom. The summed E-state index contributed by atoms with van der Waals surface area (Å²) in [5.74, 6) is 0. The number of hydrogen-bond acceptors (Lipinski definition) is 3. The summed E-state index contributed by atoms with van der Waals surface area (Å²) in [7, 11) is 0. The highest BCUT2D eigenvalue weighted by molar-refractivity contribution is 5.74. The Kier molecular flexibility index (Phi) is 5.51. The molecule has 1 unspecified atom stereocenters. The third-order valence-corrected chi connectivity index (χ3v) is 7.30. The van der Waals surface area contributed by atoms with E-state index in [0.717, 1.165) is 52.2 Å². The second-order valence-corrected chi connectivity index (χ2v) is 8.82. The van der Waals surface area contributed by atoms with Crippen molar-refractivity contribution < 1.29 is 9.53 Å². The Morgan fingerprint density at radius 3 is 2.28 bits per heavy atom. The molecule has 142 valence electrons. The van der Waals surface area contributed by atoms with Gasteiger partial charge in [-0.3, -0.25) is 4.90 Å². The molecule has 2 amide bonds. The number of urea groups is 1. The highest BCUT2D eigenvalue weighted by Crippen LogP contribution is 2.44. The van der Waals surface area contributed by atoms with E-state index in [0.29, 0.717) is 17.5 Å². The first-order chi connectivity index (χ1) is 12.2. The van der Waals surface area contributed by atoms with E-state index in [-0.39, 0.29) is 6.03 Å². The van der Waals surface area contributed by atoms with Crippen LogP contribution >= 0.6 is 0 Å². The van der Waals surface area contributed by atoms with E-state index in [2.05, 4.69) is 15.1 Å². The minimum Gasteiger partial charge on any atom is -0.380 e. The maximum Gasteiger partial charge on any atom is 0.317 e. The molecule has 4 rings (SSSR count). The fraction of sp³-hybridized carbons (Fsp3) is 0.950. The van der Waals surface area contributed by atoms with E-state index in [1.54, 1.807) is 0 Å². The fourth-order valence-corrected chi connectivity index (χ4v) is 5.47. The SMILES string of the molecule is O=C(NC1CCN(C2CCOC2)CC1)N1CCC2(CCCCC2)CC1. The molecule has 0 radical (unpaired) electrons. The summed E-state index contributed by atoms with van der Waals surface area (Å²) in [5, 5.41) is 3.32. The summed E-state index contributed by atoms with van der Waals surface area (Å²) in [6.45, 7) is 5.93. The summed E-state index contributed by atoms with van der Waals surface area (Å²) in [6.07, 6.45) is 12.8. The number of carbonyl (C=O) groups is 1. The van der Waals surface area contributed by atoms with Gasteiger partial charge in [-0.2, -0.15) is 0 Å². The van der Waals surface area contributed by atoms with Gasteiger partial charge in [0.2, 0.25) is 0 Å². The smallest absolute Gasteiger partial charge is 0.317 e. The third kappa shape index (κ3) is 4.13. The molecule has 4 fully saturated rings. The normalized spacial score (nSPS) is 31.4. The average molecular weight is 350 g/mol. The molecule has 3 saturated heterocycles. The lowest BCUT2D eigenvalue weighted by Gasteiger charge is -2.44. The maximum atomic E-state index is 12.7. The first-order valence-corrected chi connectivity index (χ1v) is 10.6. The first-order valence-electron chi connectivity index (χ1n) is 10.6. The van der Waals surface area contributed by atoms with Crippen molar-refractivity contribution in [2.75, 3.05) is 39.4 Å². The quantitative estimate of drug-likeness (QED) is 0.833. The van der Waals surface area contributed by atoms with Crippen molar-refractivity contribution in [1.29, 1.82) is 0 Å². The van der Waals surface area contributed by atoms with Gasteiger partial charge in [-0.1, -0.05) is 19.3 Å². The molecule has 1 aliphatic carbocycles. The van der Waals surface area contributed by atoms with Crippen molar-refractivity contribution in [2.45, 2.75) is 76.3 Å². The van der Waals surface area contributed by atoms with Crippen LogP contribution in [0.4, 0.5) is 4.79 Å². The van der Waals surface area contributed by atoms with Gasteiger partial charge in [-0.05, 0) is 50.4 Å². The largest absolute Gasteiger partial charge is 0.380 e. The molecule has 5 heteroatoms. The van der Waals surface area contributed by atoms with Crippen LogP contribution in [0.25, 0.3) is 0 Å². The van der Waals surface area contributed by atoms with E-state index in [4.69, 9.17) is 4.74 Å². The molecule has 0 aromatic heterocycles. The average Bonchev–Trinajstić information content (AvgIpc) is 3.18. The van der Waals surface area contributed by atoms with Crippen LogP contribution in [-0.2, 0) is 4.74 Å². The number of carbonyl (C=O) groups excluding carboxylic acids is 1. The van der Waals surface area contributed by atoms with Crippen LogP contribution in [0, 0.1) is 5.41 Å². The third-order valence-electron chi connectivity index (χ3n) is 7.30. The Balaban J connectivity index is 1.19. The molecule has 3 heterocycles. The topological polar surface area (TPSA) is 44.8 Å². The lowest BCUT2D eigenvalue weighted by Crippen LogP contribution is -2.53. The second kappa shape index (κ2) is 7.83. The zero-order chi connectivity index (χ0) is 17.1. The van der Waals surface area contributed by atoms with Crippen molar-refractivity contribution in [3.8, 4) is 0 Å². The van der Waals surface area contributed by atoms with Crippen LogP contribution in [0.1, 0.15) is 64.2 Å². The molecular weight excluding hydrogens is 314 g/mol. The fourth-order valence-electron chi connectivity index (χ4n) is 5.47. The molecule has 1 atom stereocenters. The zero-order valence-corrected chi connectivity index (χ0v) is 15.7. The number of likely N-dealkylation sites (tertiary alicyclic amines) is 2. The van der Waals surface area contributed by atoms with Gasteiger partial charge < -0.3 is 15.0 Å². The number of amides is 2. The van der Waals surface area contributed by atoms with E-state index in [1.807, 2.05) is 0 Å². The van der Waals surface area contributed by atoms with E-state index < -0.39 is 0 Å². The Hall–Kier alpha value is -0.810. The van der Waals surface area contributed by atoms with Crippen LogP contribution in [0.2, 0.25) is 0 Å². The summed E-state index contributed by atoms with van der Waals surface area (Å²) in [4.78, 5) is 17.3. The van der Waals surface area contributed by atoms with Gasteiger partial charge in [-0.15, -0.1) is 0 Å².